The molecule has 2 heterocycles. The van der Waals surface area contributed by atoms with E-state index >= 15 is 0 Å². The number of rotatable bonds is 3. The molecule has 19 heavy (non-hydrogen) atoms. The number of hydrogen-bond donors (Lipinski definition) is 1. The molecule has 2 aromatic rings. The molecule has 1 atom stereocenters. The van der Waals surface area contributed by atoms with Gasteiger partial charge in [0.05, 0.1) is 11.2 Å². The largest absolute Gasteiger partial charge is 0.316 e. The van der Waals surface area contributed by atoms with Gasteiger partial charge in [0.2, 0.25) is 0 Å². The minimum Gasteiger partial charge on any atom is -0.316 e. The topological polar surface area (TPSA) is 33.1 Å². The zero-order chi connectivity index (χ0) is 13.2. The molecule has 4 nitrogen and oxygen atoms in total. The Balaban J connectivity index is 1.81. The standard InChI is InChI=1S/C15H22N4/c1-16-12-6-5-9-19(10-12)11-14-13-7-3-4-8-15(13)18(2)17-14/h3-4,7-8,12,16H,5-6,9-11H2,1-2H3. The fraction of sp³-hybridized carbons (Fsp3) is 0.533. The minimum absolute atomic E-state index is 0.628. The lowest BCUT2D eigenvalue weighted by atomic mass is 10.1. The number of nitrogens with one attached hydrogen (secondary N) is 1. The first kappa shape index (κ1) is 12.6. The van der Waals surface area contributed by atoms with Crippen molar-refractivity contribution in [1.82, 2.24) is 20.0 Å². The van der Waals surface area contributed by atoms with Crippen molar-refractivity contribution in [3.8, 4) is 0 Å². The van der Waals surface area contributed by atoms with Gasteiger partial charge in [-0.2, -0.15) is 5.10 Å². The maximum absolute atomic E-state index is 4.69. The third kappa shape index (κ3) is 2.51. The van der Waals surface area contributed by atoms with Gasteiger partial charge in [-0.15, -0.1) is 0 Å². The van der Waals surface area contributed by atoms with Gasteiger partial charge < -0.3 is 5.32 Å². The van der Waals surface area contributed by atoms with Crippen molar-refractivity contribution in [3.05, 3.63) is 30.0 Å². The molecular formula is C15H22N4. The number of nitrogens with zero attached hydrogens (tertiary/aromatic N) is 3. The van der Waals surface area contributed by atoms with Gasteiger partial charge in [-0.1, -0.05) is 18.2 Å². The number of aromatic nitrogens is 2. The van der Waals surface area contributed by atoms with E-state index in [1.165, 1.54) is 36.0 Å². The summed E-state index contributed by atoms with van der Waals surface area (Å²) in [5, 5.41) is 9.37. The summed E-state index contributed by atoms with van der Waals surface area (Å²) in [4.78, 5) is 2.51. The fourth-order valence-corrected chi connectivity index (χ4v) is 3.05. The summed E-state index contributed by atoms with van der Waals surface area (Å²) >= 11 is 0. The molecule has 1 aromatic heterocycles. The molecule has 1 saturated heterocycles. The van der Waals surface area contributed by atoms with Gasteiger partial charge in [0.15, 0.2) is 0 Å². The van der Waals surface area contributed by atoms with E-state index in [0.29, 0.717) is 6.04 Å². The third-order valence-corrected chi connectivity index (χ3v) is 4.12. The quantitative estimate of drug-likeness (QED) is 0.910. The Morgan fingerprint density at radius 2 is 2.21 bits per heavy atom. The minimum atomic E-state index is 0.628. The highest BCUT2D eigenvalue weighted by Gasteiger charge is 2.20. The van der Waals surface area contributed by atoms with Crippen LogP contribution in [0.25, 0.3) is 10.9 Å². The molecule has 1 aliphatic rings. The van der Waals surface area contributed by atoms with Crippen LogP contribution in [0.15, 0.2) is 24.3 Å². The van der Waals surface area contributed by atoms with Crippen LogP contribution in [-0.4, -0.2) is 40.9 Å². The van der Waals surface area contributed by atoms with Crippen LogP contribution < -0.4 is 5.32 Å². The van der Waals surface area contributed by atoms with E-state index in [9.17, 15) is 0 Å². The summed E-state index contributed by atoms with van der Waals surface area (Å²) in [5.41, 5.74) is 2.43. The van der Waals surface area contributed by atoms with Gasteiger partial charge in [0.25, 0.3) is 0 Å². The van der Waals surface area contributed by atoms with Crippen LogP contribution >= 0.6 is 0 Å². The molecule has 1 fully saturated rings. The predicted molar refractivity (Wildman–Crippen MR) is 78.1 cm³/mol. The highest BCUT2D eigenvalue weighted by Crippen LogP contribution is 2.20. The smallest absolute Gasteiger partial charge is 0.0843 e. The summed E-state index contributed by atoms with van der Waals surface area (Å²) < 4.78 is 1.99. The lowest BCUT2D eigenvalue weighted by Gasteiger charge is -2.32. The summed E-state index contributed by atoms with van der Waals surface area (Å²) in [7, 11) is 4.09. The van der Waals surface area contributed by atoms with E-state index in [-0.39, 0.29) is 0 Å². The molecule has 3 rings (SSSR count). The maximum Gasteiger partial charge on any atom is 0.0843 e. The van der Waals surface area contributed by atoms with Crippen molar-refractivity contribution in [3.63, 3.8) is 0 Å². The molecule has 0 bridgehead atoms. The van der Waals surface area contributed by atoms with E-state index in [1.807, 2.05) is 11.7 Å². The van der Waals surface area contributed by atoms with Crippen molar-refractivity contribution >= 4 is 10.9 Å². The fourth-order valence-electron chi connectivity index (χ4n) is 3.05. The Labute approximate surface area is 114 Å². The molecule has 102 valence electrons. The molecule has 1 aromatic carbocycles. The second-order valence-electron chi connectivity index (χ2n) is 5.45. The van der Waals surface area contributed by atoms with Gasteiger partial charge >= 0.3 is 0 Å². The number of para-hydroxylation sites is 1. The zero-order valence-corrected chi connectivity index (χ0v) is 11.8. The average Bonchev–Trinajstić information content (AvgIpc) is 2.76. The highest BCUT2D eigenvalue weighted by atomic mass is 15.3. The van der Waals surface area contributed by atoms with Gasteiger partial charge in [0, 0.05) is 31.6 Å². The van der Waals surface area contributed by atoms with E-state index in [0.717, 1.165) is 13.1 Å². The third-order valence-electron chi connectivity index (χ3n) is 4.12. The van der Waals surface area contributed by atoms with E-state index in [2.05, 4.69) is 46.6 Å². The molecule has 0 saturated carbocycles. The number of piperidine rings is 1. The molecule has 1 aliphatic heterocycles. The van der Waals surface area contributed by atoms with Crippen LogP contribution in [0.2, 0.25) is 0 Å². The molecule has 0 radical (unpaired) electrons. The summed E-state index contributed by atoms with van der Waals surface area (Å²) in [6.07, 6.45) is 2.56. The van der Waals surface area contributed by atoms with Crippen LogP contribution in [0.5, 0.6) is 0 Å². The predicted octanol–water partition coefficient (Wildman–Crippen LogP) is 1.76. The Hall–Kier alpha value is -1.39. The van der Waals surface area contributed by atoms with Crippen LogP contribution in [0, 0.1) is 0 Å². The number of benzene rings is 1. The van der Waals surface area contributed by atoms with Crippen LogP contribution in [0.1, 0.15) is 18.5 Å². The number of fused-ring (bicyclic) bond motifs is 1. The molecular weight excluding hydrogens is 236 g/mol. The van der Waals surface area contributed by atoms with E-state index < -0.39 is 0 Å². The Morgan fingerprint density at radius 3 is 3.05 bits per heavy atom. The number of aryl methyl sites for hydroxylation is 1. The molecule has 0 aliphatic carbocycles. The molecule has 0 amide bonds. The highest BCUT2D eigenvalue weighted by molar-refractivity contribution is 5.81. The summed E-state index contributed by atoms with van der Waals surface area (Å²) in [6, 6.07) is 9.12. The Morgan fingerprint density at radius 1 is 1.37 bits per heavy atom. The number of likely N-dealkylation sites (tertiary alicyclic amines) is 1. The van der Waals surface area contributed by atoms with Crippen molar-refractivity contribution in [2.24, 2.45) is 7.05 Å². The Bertz CT molecular complexity index is 560. The van der Waals surface area contributed by atoms with Crippen molar-refractivity contribution in [2.45, 2.75) is 25.4 Å². The molecule has 4 heteroatoms. The number of hydrogen-bond acceptors (Lipinski definition) is 3. The van der Waals surface area contributed by atoms with Gasteiger partial charge in [-0.3, -0.25) is 9.58 Å². The van der Waals surface area contributed by atoms with E-state index in [1.54, 1.807) is 0 Å². The van der Waals surface area contributed by atoms with Crippen LogP contribution in [-0.2, 0) is 13.6 Å². The normalized spacial score (nSPS) is 21.1. The number of likely N-dealkylation sites (N-methyl/N-ethyl adjacent to an activating group) is 1. The first-order valence-electron chi connectivity index (χ1n) is 7.08. The second-order valence-corrected chi connectivity index (χ2v) is 5.45. The van der Waals surface area contributed by atoms with Gasteiger partial charge in [0.1, 0.15) is 0 Å². The van der Waals surface area contributed by atoms with E-state index in [4.69, 9.17) is 0 Å². The molecule has 1 N–H and O–H groups in total. The first-order chi connectivity index (χ1) is 9.28. The first-order valence-corrected chi connectivity index (χ1v) is 7.08. The maximum atomic E-state index is 4.69. The van der Waals surface area contributed by atoms with Gasteiger partial charge in [-0.25, -0.2) is 0 Å². The van der Waals surface area contributed by atoms with Crippen molar-refractivity contribution < 1.29 is 0 Å². The second kappa shape index (κ2) is 5.31. The van der Waals surface area contributed by atoms with Crippen molar-refractivity contribution in [2.75, 3.05) is 20.1 Å². The van der Waals surface area contributed by atoms with Crippen molar-refractivity contribution in [1.29, 1.82) is 0 Å². The lowest BCUT2D eigenvalue weighted by molar-refractivity contribution is 0.186. The molecule has 1 unspecified atom stereocenters. The summed E-state index contributed by atoms with van der Waals surface area (Å²) in [5.74, 6) is 0. The average molecular weight is 258 g/mol. The van der Waals surface area contributed by atoms with Gasteiger partial charge in [-0.05, 0) is 32.5 Å². The molecule has 0 spiro atoms. The summed E-state index contributed by atoms with van der Waals surface area (Å²) in [6.45, 7) is 3.27. The SMILES string of the molecule is CNC1CCCN(Cc2nn(C)c3ccccc23)C1. The van der Waals surface area contributed by atoms with Crippen LogP contribution in [0.4, 0.5) is 0 Å². The van der Waals surface area contributed by atoms with Crippen LogP contribution in [0.3, 0.4) is 0 Å². The zero-order valence-electron chi connectivity index (χ0n) is 11.8. The Kier molecular flexibility index (Phi) is 3.53. The lowest BCUT2D eigenvalue weighted by Crippen LogP contribution is -2.43. The monoisotopic (exact) mass is 258 g/mol.